The molecule has 1 fully saturated rings. The molecule has 1 atom stereocenters. The fourth-order valence-corrected chi connectivity index (χ4v) is 2.13. The first-order valence-corrected chi connectivity index (χ1v) is 6.42. The van der Waals surface area contributed by atoms with Crippen molar-refractivity contribution >= 4 is 34.2 Å². The number of carbonyl (C=O) groups is 1. The molecule has 6 heteroatoms. The minimum absolute atomic E-state index is 0. The van der Waals surface area contributed by atoms with Crippen LogP contribution in [-0.2, 0) is 4.79 Å². The summed E-state index contributed by atoms with van der Waals surface area (Å²) in [6, 6.07) is 7.70. The maximum Gasteiger partial charge on any atom is 0.258 e. The van der Waals surface area contributed by atoms with Gasteiger partial charge in [-0.05, 0) is 31.2 Å². The molecule has 100 valence electrons. The predicted molar refractivity (Wildman–Crippen MR) is 76.3 cm³/mol. The van der Waals surface area contributed by atoms with Crippen LogP contribution in [0.25, 0.3) is 0 Å². The van der Waals surface area contributed by atoms with Crippen LogP contribution >= 0.6 is 28.3 Å². The third-order valence-electron chi connectivity index (χ3n) is 2.59. The third-order valence-corrected chi connectivity index (χ3v) is 3.08. The molecule has 0 aliphatic carbocycles. The van der Waals surface area contributed by atoms with Crippen molar-refractivity contribution in [2.24, 2.45) is 0 Å². The van der Waals surface area contributed by atoms with E-state index in [9.17, 15) is 4.79 Å². The molecule has 0 bridgehead atoms. The monoisotopic (exact) mass is 334 g/mol. The molecule has 1 aliphatic heterocycles. The van der Waals surface area contributed by atoms with Crippen molar-refractivity contribution in [1.29, 1.82) is 0 Å². The second-order valence-electron chi connectivity index (χ2n) is 4.00. The van der Waals surface area contributed by atoms with Gasteiger partial charge in [-0.2, -0.15) is 0 Å². The van der Waals surface area contributed by atoms with Crippen LogP contribution in [0.4, 0.5) is 0 Å². The molecule has 1 aliphatic rings. The van der Waals surface area contributed by atoms with Gasteiger partial charge in [-0.25, -0.2) is 0 Å². The molecule has 0 spiro atoms. The van der Waals surface area contributed by atoms with Crippen LogP contribution in [0.1, 0.15) is 6.42 Å². The lowest BCUT2D eigenvalue weighted by Crippen LogP contribution is -2.39. The van der Waals surface area contributed by atoms with Gasteiger partial charge < -0.3 is 15.4 Å². The summed E-state index contributed by atoms with van der Waals surface area (Å²) in [6.45, 7) is 1.88. The molecular weight excluding hydrogens is 320 g/mol. The number of hydrogen-bond donors (Lipinski definition) is 2. The standard InChI is InChI=1S/C12H15BrN2O2.ClH/c13-9-2-1-3-11(6-9)17-8-12(16)15-10-4-5-14-7-10;/h1-3,6,10,14H,4-5,7-8H2,(H,15,16);1H. The molecule has 2 rings (SSSR count). The van der Waals surface area contributed by atoms with Crippen LogP contribution in [0.5, 0.6) is 5.75 Å². The lowest BCUT2D eigenvalue weighted by atomic mass is 10.2. The number of hydrogen-bond acceptors (Lipinski definition) is 3. The van der Waals surface area contributed by atoms with Crippen LogP contribution in [-0.4, -0.2) is 31.6 Å². The average Bonchev–Trinajstić information content (AvgIpc) is 2.79. The van der Waals surface area contributed by atoms with Gasteiger partial charge in [0.2, 0.25) is 0 Å². The molecule has 0 saturated carbocycles. The van der Waals surface area contributed by atoms with Gasteiger partial charge in [-0.3, -0.25) is 4.79 Å². The quantitative estimate of drug-likeness (QED) is 0.881. The number of rotatable bonds is 4. The van der Waals surface area contributed by atoms with Gasteiger partial charge in [0.05, 0.1) is 0 Å². The van der Waals surface area contributed by atoms with Crippen LogP contribution in [0, 0.1) is 0 Å². The van der Waals surface area contributed by atoms with Crippen LogP contribution < -0.4 is 15.4 Å². The SMILES string of the molecule is Cl.O=C(COc1cccc(Br)c1)NC1CCNC1. The average molecular weight is 336 g/mol. The third kappa shape index (κ3) is 4.84. The van der Waals surface area contributed by atoms with Gasteiger partial charge in [-0.1, -0.05) is 22.0 Å². The zero-order valence-electron chi connectivity index (χ0n) is 9.82. The molecule has 1 aromatic carbocycles. The molecule has 18 heavy (non-hydrogen) atoms. The smallest absolute Gasteiger partial charge is 0.258 e. The number of nitrogens with one attached hydrogen (secondary N) is 2. The highest BCUT2D eigenvalue weighted by atomic mass is 79.9. The Labute approximate surface area is 121 Å². The molecule has 1 unspecified atom stereocenters. The summed E-state index contributed by atoms with van der Waals surface area (Å²) in [5.74, 6) is 0.623. The summed E-state index contributed by atoms with van der Waals surface area (Å²) in [7, 11) is 0. The van der Waals surface area contributed by atoms with E-state index < -0.39 is 0 Å². The van der Waals surface area contributed by atoms with E-state index in [1.54, 1.807) is 0 Å². The fourth-order valence-electron chi connectivity index (χ4n) is 1.75. The molecule has 4 nitrogen and oxygen atoms in total. The van der Waals surface area contributed by atoms with E-state index in [0.717, 1.165) is 24.0 Å². The Hall–Kier alpha value is -0.780. The Morgan fingerprint density at radius 2 is 2.39 bits per heavy atom. The maximum absolute atomic E-state index is 11.6. The van der Waals surface area contributed by atoms with Crippen LogP contribution in [0.3, 0.4) is 0 Å². The normalized spacial score (nSPS) is 17.9. The second kappa shape index (κ2) is 7.61. The zero-order chi connectivity index (χ0) is 12.1. The van der Waals surface area contributed by atoms with Crippen molar-refractivity contribution in [2.75, 3.05) is 19.7 Å². The highest BCUT2D eigenvalue weighted by Crippen LogP contribution is 2.17. The number of ether oxygens (including phenoxy) is 1. The van der Waals surface area contributed by atoms with E-state index in [0.29, 0.717) is 5.75 Å². The first-order chi connectivity index (χ1) is 8.24. The van der Waals surface area contributed by atoms with Gasteiger partial charge in [0.15, 0.2) is 6.61 Å². The summed E-state index contributed by atoms with van der Waals surface area (Å²) in [5.41, 5.74) is 0. The first-order valence-electron chi connectivity index (χ1n) is 5.62. The van der Waals surface area contributed by atoms with E-state index in [-0.39, 0.29) is 31.0 Å². The summed E-state index contributed by atoms with van der Waals surface area (Å²) in [6.07, 6.45) is 0.989. The van der Waals surface area contributed by atoms with Crippen molar-refractivity contribution in [3.8, 4) is 5.75 Å². The van der Waals surface area contributed by atoms with Gasteiger partial charge in [0, 0.05) is 17.1 Å². The highest BCUT2D eigenvalue weighted by molar-refractivity contribution is 9.10. The highest BCUT2D eigenvalue weighted by Gasteiger charge is 2.16. The number of benzene rings is 1. The van der Waals surface area contributed by atoms with Crippen molar-refractivity contribution < 1.29 is 9.53 Å². The predicted octanol–water partition coefficient (Wildman–Crippen LogP) is 1.73. The van der Waals surface area contributed by atoms with E-state index >= 15 is 0 Å². The Kier molecular flexibility index (Phi) is 6.46. The van der Waals surface area contributed by atoms with E-state index in [2.05, 4.69) is 26.6 Å². The molecule has 1 amide bonds. The van der Waals surface area contributed by atoms with Crippen molar-refractivity contribution in [3.63, 3.8) is 0 Å². The largest absolute Gasteiger partial charge is 0.484 e. The summed E-state index contributed by atoms with van der Waals surface area (Å²) < 4.78 is 6.34. The lowest BCUT2D eigenvalue weighted by molar-refractivity contribution is -0.123. The molecule has 2 N–H and O–H groups in total. The summed E-state index contributed by atoms with van der Waals surface area (Å²) in [4.78, 5) is 11.6. The fraction of sp³-hybridized carbons (Fsp3) is 0.417. The number of amides is 1. The van der Waals surface area contributed by atoms with E-state index in [1.165, 1.54) is 0 Å². The van der Waals surface area contributed by atoms with Crippen molar-refractivity contribution in [1.82, 2.24) is 10.6 Å². The van der Waals surface area contributed by atoms with E-state index in [1.807, 2.05) is 24.3 Å². The lowest BCUT2D eigenvalue weighted by Gasteiger charge is -2.12. The molecule has 1 heterocycles. The second-order valence-corrected chi connectivity index (χ2v) is 4.92. The molecule has 1 saturated heterocycles. The maximum atomic E-state index is 11.6. The zero-order valence-corrected chi connectivity index (χ0v) is 12.2. The summed E-state index contributed by atoms with van der Waals surface area (Å²) in [5, 5.41) is 6.12. The minimum atomic E-state index is -0.0707. The Morgan fingerprint density at radius 3 is 3.06 bits per heavy atom. The van der Waals surface area contributed by atoms with Gasteiger partial charge >= 0.3 is 0 Å². The molecule has 0 aromatic heterocycles. The molecule has 1 aromatic rings. The van der Waals surface area contributed by atoms with Crippen LogP contribution in [0.2, 0.25) is 0 Å². The Morgan fingerprint density at radius 1 is 1.56 bits per heavy atom. The first kappa shape index (κ1) is 15.3. The molecule has 0 radical (unpaired) electrons. The number of halogens is 2. The summed E-state index contributed by atoms with van der Waals surface area (Å²) >= 11 is 3.35. The topological polar surface area (TPSA) is 50.4 Å². The van der Waals surface area contributed by atoms with Crippen molar-refractivity contribution in [2.45, 2.75) is 12.5 Å². The van der Waals surface area contributed by atoms with Crippen molar-refractivity contribution in [3.05, 3.63) is 28.7 Å². The Bertz CT molecular complexity index is 397. The van der Waals surface area contributed by atoms with Gasteiger partial charge in [0.1, 0.15) is 5.75 Å². The Balaban J connectivity index is 0.00000162. The van der Waals surface area contributed by atoms with E-state index in [4.69, 9.17) is 4.74 Å². The number of carbonyl (C=O) groups excluding carboxylic acids is 1. The molecular formula is C12H16BrClN2O2. The van der Waals surface area contributed by atoms with Crippen LogP contribution in [0.15, 0.2) is 28.7 Å². The minimum Gasteiger partial charge on any atom is -0.484 e. The van der Waals surface area contributed by atoms with Gasteiger partial charge in [0.25, 0.3) is 5.91 Å². The van der Waals surface area contributed by atoms with Gasteiger partial charge in [-0.15, -0.1) is 12.4 Å².